The molecule has 0 fully saturated rings. The number of thiophene rings is 1. The van der Waals surface area contributed by atoms with Crippen LogP contribution in [0.2, 0.25) is 0 Å². The molecule has 0 bridgehead atoms. The van der Waals surface area contributed by atoms with Crippen LogP contribution in [0.5, 0.6) is 0 Å². The van der Waals surface area contributed by atoms with Crippen LogP contribution in [0.4, 0.5) is 0 Å². The molecule has 0 saturated carbocycles. The summed E-state index contributed by atoms with van der Waals surface area (Å²) >= 11 is 1.65. The Morgan fingerprint density at radius 1 is 1.28 bits per heavy atom. The van der Waals surface area contributed by atoms with Gasteiger partial charge in [-0.1, -0.05) is 50.3 Å². The molecule has 2 aromatic heterocycles. The molecule has 0 amide bonds. The van der Waals surface area contributed by atoms with E-state index in [1.165, 1.54) is 20.7 Å². The number of hydrogen-bond acceptors (Lipinski definition) is 4. The molecule has 0 unspecified atom stereocenters. The van der Waals surface area contributed by atoms with Crippen molar-refractivity contribution in [3.05, 3.63) is 56.2 Å². The lowest BCUT2D eigenvalue weighted by Gasteiger charge is -2.17. The first-order chi connectivity index (χ1) is 12.0. The van der Waals surface area contributed by atoms with Crippen LogP contribution in [-0.2, 0) is 19.4 Å². The van der Waals surface area contributed by atoms with Crippen LogP contribution in [0.3, 0.4) is 0 Å². The van der Waals surface area contributed by atoms with Gasteiger partial charge in [0, 0.05) is 4.88 Å². The minimum atomic E-state index is 0.00462. The van der Waals surface area contributed by atoms with E-state index in [0.717, 1.165) is 35.0 Å². The molecule has 1 atom stereocenters. The Kier molecular flexibility index (Phi) is 4.20. The molecule has 0 radical (unpaired) electrons. The Bertz CT molecular complexity index is 969. The van der Waals surface area contributed by atoms with E-state index >= 15 is 0 Å². The number of aryl methyl sites for hydroxylation is 1. The van der Waals surface area contributed by atoms with Gasteiger partial charge >= 0.3 is 0 Å². The number of rotatable bonds is 3. The van der Waals surface area contributed by atoms with Gasteiger partial charge in [0.25, 0.3) is 5.56 Å². The molecular formula is C20H23N3OS. The molecular weight excluding hydrogens is 330 g/mol. The van der Waals surface area contributed by atoms with Gasteiger partial charge in [-0.25, -0.2) is 4.68 Å². The average Bonchev–Trinajstić information content (AvgIpc) is 2.96. The quantitative estimate of drug-likeness (QED) is 0.711. The van der Waals surface area contributed by atoms with Crippen LogP contribution in [0, 0.1) is 5.92 Å². The largest absolute Gasteiger partial charge is 0.279 e. The minimum absolute atomic E-state index is 0.00462. The SMILES string of the molecule is CC(C)c1ccc(Cn2nnc3sc4c(c3c2=O)CC[C@H](C)C4)cc1. The zero-order valence-corrected chi connectivity index (χ0v) is 15.8. The second-order valence-corrected chi connectivity index (χ2v) is 8.56. The molecule has 1 aliphatic carbocycles. The van der Waals surface area contributed by atoms with Gasteiger partial charge in [0.05, 0.1) is 11.9 Å². The Labute approximate surface area is 151 Å². The Morgan fingerprint density at radius 2 is 2.04 bits per heavy atom. The van der Waals surface area contributed by atoms with Crippen molar-refractivity contribution in [2.75, 3.05) is 0 Å². The van der Waals surface area contributed by atoms with Crippen molar-refractivity contribution in [1.82, 2.24) is 15.0 Å². The van der Waals surface area contributed by atoms with Crippen LogP contribution in [-0.4, -0.2) is 15.0 Å². The first kappa shape index (κ1) is 16.5. The van der Waals surface area contributed by atoms with E-state index in [9.17, 15) is 4.79 Å². The van der Waals surface area contributed by atoms with Gasteiger partial charge in [-0.3, -0.25) is 4.79 Å². The molecule has 3 aromatic rings. The zero-order chi connectivity index (χ0) is 17.6. The highest BCUT2D eigenvalue weighted by atomic mass is 32.1. The lowest BCUT2D eigenvalue weighted by Crippen LogP contribution is -2.25. The molecule has 5 heteroatoms. The molecule has 4 nitrogen and oxygen atoms in total. The summed E-state index contributed by atoms with van der Waals surface area (Å²) in [7, 11) is 0. The van der Waals surface area contributed by atoms with Crippen molar-refractivity contribution in [3.8, 4) is 0 Å². The van der Waals surface area contributed by atoms with Crippen LogP contribution < -0.4 is 5.56 Å². The molecule has 2 heterocycles. The number of fused-ring (bicyclic) bond motifs is 3. The maximum atomic E-state index is 13.0. The van der Waals surface area contributed by atoms with E-state index in [1.807, 2.05) is 0 Å². The summed E-state index contributed by atoms with van der Waals surface area (Å²) in [5, 5.41) is 9.34. The highest BCUT2D eigenvalue weighted by molar-refractivity contribution is 7.18. The van der Waals surface area contributed by atoms with E-state index < -0.39 is 0 Å². The lowest BCUT2D eigenvalue weighted by molar-refractivity contribution is 0.508. The summed E-state index contributed by atoms with van der Waals surface area (Å²) in [6, 6.07) is 8.42. The third kappa shape index (κ3) is 3.01. The second kappa shape index (κ2) is 6.37. The van der Waals surface area contributed by atoms with Crippen LogP contribution >= 0.6 is 11.3 Å². The van der Waals surface area contributed by atoms with Crippen LogP contribution in [0.25, 0.3) is 10.2 Å². The topological polar surface area (TPSA) is 47.8 Å². The van der Waals surface area contributed by atoms with Gasteiger partial charge in [-0.15, -0.1) is 16.4 Å². The Balaban J connectivity index is 1.71. The van der Waals surface area contributed by atoms with Crippen LogP contribution in [0.15, 0.2) is 29.1 Å². The molecule has 0 aliphatic heterocycles. The van der Waals surface area contributed by atoms with Crippen molar-refractivity contribution < 1.29 is 0 Å². The van der Waals surface area contributed by atoms with Crippen molar-refractivity contribution in [1.29, 1.82) is 0 Å². The molecule has 4 rings (SSSR count). The molecule has 130 valence electrons. The van der Waals surface area contributed by atoms with E-state index in [2.05, 4.69) is 55.3 Å². The monoisotopic (exact) mass is 353 g/mol. The highest BCUT2D eigenvalue weighted by Gasteiger charge is 2.23. The van der Waals surface area contributed by atoms with E-state index in [1.54, 1.807) is 11.3 Å². The van der Waals surface area contributed by atoms with E-state index in [0.29, 0.717) is 18.4 Å². The van der Waals surface area contributed by atoms with Gasteiger partial charge < -0.3 is 0 Å². The molecule has 25 heavy (non-hydrogen) atoms. The van der Waals surface area contributed by atoms with Crippen molar-refractivity contribution >= 4 is 21.6 Å². The summed E-state index contributed by atoms with van der Waals surface area (Å²) in [6.45, 7) is 7.11. The Morgan fingerprint density at radius 3 is 2.76 bits per heavy atom. The predicted molar refractivity (Wildman–Crippen MR) is 102 cm³/mol. The van der Waals surface area contributed by atoms with Gasteiger partial charge in [-0.05, 0) is 47.8 Å². The first-order valence-electron chi connectivity index (χ1n) is 9.00. The standard InChI is InChI=1S/C20H23N3OS/c1-12(2)15-7-5-14(6-8-15)11-23-20(24)18-16-9-4-13(3)10-17(16)25-19(18)21-22-23/h5-8,12-13H,4,9-11H2,1-3H3/t13-/m0/s1. The molecule has 0 spiro atoms. The minimum Gasteiger partial charge on any atom is -0.267 e. The summed E-state index contributed by atoms with van der Waals surface area (Å²) in [6.07, 6.45) is 3.20. The predicted octanol–water partition coefficient (Wildman–Crippen LogP) is 4.15. The average molecular weight is 353 g/mol. The third-order valence-electron chi connectivity index (χ3n) is 5.16. The summed E-state index contributed by atoms with van der Waals surface area (Å²) < 4.78 is 1.51. The van der Waals surface area contributed by atoms with E-state index in [4.69, 9.17) is 0 Å². The summed E-state index contributed by atoms with van der Waals surface area (Å²) in [5.74, 6) is 1.20. The summed E-state index contributed by atoms with van der Waals surface area (Å²) in [4.78, 5) is 15.1. The lowest BCUT2D eigenvalue weighted by atomic mass is 9.89. The first-order valence-corrected chi connectivity index (χ1v) is 9.81. The third-order valence-corrected chi connectivity index (χ3v) is 6.30. The number of nitrogens with zero attached hydrogens (tertiary/aromatic N) is 3. The van der Waals surface area contributed by atoms with Crippen molar-refractivity contribution in [3.63, 3.8) is 0 Å². The normalized spacial score (nSPS) is 17.2. The fourth-order valence-electron chi connectivity index (χ4n) is 3.58. The summed E-state index contributed by atoms with van der Waals surface area (Å²) in [5.41, 5.74) is 3.61. The fraction of sp³-hybridized carbons (Fsp3) is 0.450. The number of hydrogen-bond donors (Lipinski definition) is 0. The zero-order valence-electron chi connectivity index (χ0n) is 15.0. The second-order valence-electron chi connectivity index (χ2n) is 7.48. The maximum Gasteiger partial charge on any atom is 0.279 e. The van der Waals surface area contributed by atoms with Gasteiger partial charge in [-0.2, -0.15) is 0 Å². The smallest absolute Gasteiger partial charge is 0.267 e. The van der Waals surface area contributed by atoms with Gasteiger partial charge in [0.15, 0.2) is 4.83 Å². The molecule has 0 N–H and O–H groups in total. The fourth-order valence-corrected chi connectivity index (χ4v) is 4.89. The maximum absolute atomic E-state index is 13.0. The highest BCUT2D eigenvalue weighted by Crippen LogP contribution is 2.35. The molecule has 1 aromatic carbocycles. The van der Waals surface area contributed by atoms with Crippen molar-refractivity contribution in [2.24, 2.45) is 5.92 Å². The Hall–Kier alpha value is -2.01. The van der Waals surface area contributed by atoms with Gasteiger partial charge in [0.2, 0.25) is 0 Å². The van der Waals surface area contributed by atoms with Crippen LogP contribution in [0.1, 0.15) is 54.7 Å². The molecule has 1 aliphatic rings. The van der Waals surface area contributed by atoms with Crippen molar-refractivity contribution in [2.45, 2.75) is 52.5 Å². The number of aromatic nitrogens is 3. The van der Waals surface area contributed by atoms with E-state index in [-0.39, 0.29) is 5.56 Å². The van der Waals surface area contributed by atoms with Gasteiger partial charge in [0.1, 0.15) is 0 Å². The number of benzene rings is 1. The molecule has 0 saturated heterocycles.